The number of halogens is 1. The van der Waals surface area contributed by atoms with Crippen molar-refractivity contribution >= 4 is 35.0 Å². The molecule has 3 heterocycles. The van der Waals surface area contributed by atoms with Crippen LogP contribution in [0.25, 0.3) is 0 Å². The van der Waals surface area contributed by atoms with E-state index in [-0.39, 0.29) is 0 Å². The highest BCUT2D eigenvalue weighted by atomic mass is 35.5. The number of hydrogen-bond donors (Lipinski definition) is 0. The number of pyridine rings is 1. The molecule has 0 radical (unpaired) electrons. The van der Waals surface area contributed by atoms with Gasteiger partial charge < -0.3 is 9.80 Å². The van der Waals surface area contributed by atoms with E-state index in [0.717, 1.165) is 37.8 Å². The zero-order valence-corrected chi connectivity index (χ0v) is 13.3. The van der Waals surface area contributed by atoms with Gasteiger partial charge in [-0.25, -0.2) is 15.0 Å². The lowest BCUT2D eigenvalue weighted by Crippen LogP contribution is -2.47. The molecular weight excluding hydrogens is 306 g/mol. The van der Waals surface area contributed by atoms with Crippen molar-refractivity contribution in [3.8, 4) is 0 Å². The van der Waals surface area contributed by atoms with Crippen molar-refractivity contribution in [3.05, 3.63) is 35.6 Å². The Morgan fingerprint density at radius 1 is 1.05 bits per heavy atom. The van der Waals surface area contributed by atoms with Crippen molar-refractivity contribution in [3.63, 3.8) is 0 Å². The predicted octanol–water partition coefficient (Wildman–Crippen LogP) is 2.57. The van der Waals surface area contributed by atoms with E-state index in [2.05, 4.69) is 24.8 Å². The van der Waals surface area contributed by atoms with Gasteiger partial charge in [-0.2, -0.15) is 0 Å². The third kappa shape index (κ3) is 3.39. The van der Waals surface area contributed by atoms with Gasteiger partial charge in [0.05, 0.1) is 0 Å². The average Bonchev–Trinajstić information content (AvgIpc) is 2.55. The van der Waals surface area contributed by atoms with Gasteiger partial charge >= 0.3 is 0 Å². The molecule has 2 aromatic heterocycles. The van der Waals surface area contributed by atoms with Crippen LogP contribution in [0.15, 0.2) is 35.6 Å². The maximum absolute atomic E-state index is 6.06. The number of anilines is 2. The van der Waals surface area contributed by atoms with E-state index in [1.807, 2.05) is 36.7 Å². The van der Waals surface area contributed by atoms with Crippen molar-refractivity contribution in [2.24, 2.45) is 0 Å². The van der Waals surface area contributed by atoms with Crippen LogP contribution in [0, 0.1) is 0 Å². The molecule has 0 aromatic carbocycles. The Morgan fingerprint density at radius 3 is 2.38 bits per heavy atom. The largest absolute Gasteiger partial charge is 0.353 e. The maximum atomic E-state index is 6.06. The first-order valence-corrected chi connectivity index (χ1v) is 8.36. The summed E-state index contributed by atoms with van der Waals surface area (Å²) in [7, 11) is 0. The molecule has 1 fully saturated rings. The highest BCUT2D eigenvalue weighted by Gasteiger charge is 2.19. The number of hydrogen-bond acceptors (Lipinski definition) is 6. The van der Waals surface area contributed by atoms with Crippen LogP contribution in [0.4, 0.5) is 11.6 Å². The van der Waals surface area contributed by atoms with Gasteiger partial charge in [0.2, 0.25) is 0 Å². The fourth-order valence-electron chi connectivity index (χ4n) is 2.34. The van der Waals surface area contributed by atoms with E-state index in [4.69, 9.17) is 11.6 Å². The summed E-state index contributed by atoms with van der Waals surface area (Å²) in [5.41, 5.74) is 0. The zero-order chi connectivity index (χ0) is 14.7. The van der Waals surface area contributed by atoms with Crippen molar-refractivity contribution < 1.29 is 0 Å². The van der Waals surface area contributed by atoms with Crippen LogP contribution in [0.2, 0.25) is 5.15 Å². The topological polar surface area (TPSA) is 45.2 Å². The van der Waals surface area contributed by atoms with E-state index in [0.29, 0.717) is 10.3 Å². The van der Waals surface area contributed by atoms with Gasteiger partial charge in [0.1, 0.15) is 16.8 Å². The minimum atomic E-state index is 0.497. The highest BCUT2D eigenvalue weighted by molar-refractivity contribution is 7.98. The monoisotopic (exact) mass is 321 g/mol. The van der Waals surface area contributed by atoms with Crippen LogP contribution in [-0.2, 0) is 0 Å². The van der Waals surface area contributed by atoms with E-state index in [1.54, 1.807) is 0 Å². The summed E-state index contributed by atoms with van der Waals surface area (Å²) in [6, 6.07) is 7.83. The van der Waals surface area contributed by atoms with Gasteiger partial charge in [0.15, 0.2) is 5.16 Å². The van der Waals surface area contributed by atoms with E-state index >= 15 is 0 Å². The SMILES string of the molecule is CSc1nc(Cl)cc(N2CCN(c3ccccn3)CC2)n1. The van der Waals surface area contributed by atoms with Gasteiger partial charge in [-0.3, -0.25) is 0 Å². The summed E-state index contributed by atoms with van der Waals surface area (Å²) >= 11 is 7.57. The Kier molecular flexibility index (Phi) is 4.45. The highest BCUT2D eigenvalue weighted by Crippen LogP contribution is 2.22. The van der Waals surface area contributed by atoms with Crippen LogP contribution in [0.3, 0.4) is 0 Å². The Morgan fingerprint density at radius 2 is 1.76 bits per heavy atom. The molecule has 0 bridgehead atoms. The maximum Gasteiger partial charge on any atom is 0.190 e. The lowest BCUT2D eigenvalue weighted by atomic mass is 10.3. The molecule has 5 nitrogen and oxygen atoms in total. The Balaban J connectivity index is 1.70. The molecule has 1 aliphatic rings. The van der Waals surface area contributed by atoms with Crippen LogP contribution in [0.1, 0.15) is 0 Å². The molecule has 1 aliphatic heterocycles. The van der Waals surface area contributed by atoms with Crippen LogP contribution in [0.5, 0.6) is 0 Å². The average molecular weight is 322 g/mol. The van der Waals surface area contributed by atoms with Crippen molar-refractivity contribution in [2.45, 2.75) is 5.16 Å². The smallest absolute Gasteiger partial charge is 0.190 e. The second-order valence-corrected chi connectivity index (χ2v) is 5.86. The van der Waals surface area contributed by atoms with E-state index in [9.17, 15) is 0 Å². The number of thioether (sulfide) groups is 1. The molecule has 0 spiro atoms. The quantitative estimate of drug-likeness (QED) is 0.492. The first kappa shape index (κ1) is 14.4. The van der Waals surface area contributed by atoms with Gasteiger partial charge in [0.25, 0.3) is 0 Å². The number of rotatable bonds is 3. The van der Waals surface area contributed by atoms with Gasteiger partial charge in [-0.15, -0.1) is 0 Å². The molecule has 21 heavy (non-hydrogen) atoms. The Hall–Kier alpha value is -1.53. The number of nitrogens with zero attached hydrogens (tertiary/aromatic N) is 5. The summed E-state index contributed by atoms with van der Waals surface area (Å²) in [6.45, 7) is 3.65. The Labute approximate surface area is 133 Å². The second kappa shape index (κ2) is 6.49. The molecule has 0 atom stereocenters. The summed E-state index contributed by atoms with van der Waals surface area (Å²) in [4.78, 5) is 17.6. The summed E-state index contributed by atoms with van der Waals surface area (Å²) in [5, 5.41) is 1.21. The molecule has 1 saturated heterocycles. The summed E-state index contributed by atoms with van der Waals surface area (Å²) in [5.74, 6) is 1.93. The van der Waals surface area contributed by atoms with Gasteiger partial charge in [-0.05, 0) is 18.4 Å². The van der Waals surface area contributed by atoms with Gasteiger partial charge in [-0.1, -0.05) is 29.4 Å². The van der Waals surface area contributed by atoms with E-state index < -0.39 is 0 Å². The standard InChI is InChI=1S/C14H16ClN5S/c1-21-14-17-11(15)10-13(18-14)20-8-6-19(7-9-20)12-4-2-3-5-16-12/h2-5,10H,6-9H2,1H3. The molecule has 3 rings (SSSR count). The molecule has 0 saturated carbocycles. The lowest BCUT2D eigenvalue weighted by Gasteiger charge is -2.36. The second-order valence-electron chi connectivity index (χ2n) is 4.70. The summed E-state index contributed by atoms with van der Waals surface area (Å²) < 4.78 is 0. The zero-order valence-electron chi connectivity index (χ0n) is 11.7. The third-order valence-corrected chi connectivity index (χ3v) is 4.16. The van der Waals surface area contributed by atoms with Crippen molar-refractivity contribution in [1.82, 2.24) is 15.0 Å². The molecule has 2 aromatic rings. The summed E-state index contributed by atoms with van der Waals surface area (Å²) in [6.07, 6.45) is 3.78. The molecule has 7 heteroatoms. The minimum absolute atomic E-state index is 0.497. The fraction of sp³-hybridized carbons (Fsp3) is 0.357. The molecular formula is C14H16ClN5S. The fourth-order valence-corrected chi connectivity index (χ4v) is 2.95. The van der Waals surface area contributed by atoms with E-state index in [1.165, 1.54) is 11.8 Å². The number of aromatic nitrogens is 3. The van der Waals surface area contributed by atoms with Crippen molar-refractivity contribution in [2.75, 3.05) is 42.2 Å². The normalized spacial score (nSPS) is 15.3. The van der Waals surface area contributed by atoms with Gasteiger partial charge in [0, 0.05) is 38.4 Å². The third-order valence-electron chi connectivity index (χ3n) is 3.42. The van der Waals surface area contributed by atoms with Crippen LogP contribution >= 0.6 is 23.4 Å². The molecule has 0 N–H and O–H groups in total. The van der Waals surface area contributed by atoms with Crippen molar-refractivity contribution in [1.29, 1.82) is 0 Å². The first-order valence-electron chi connectivity index (χ1n) is 6.76. The molecule has 110 valence electrons. The Bertz CT molecular complexity index is 602. The lowest BCUT2D eigenvalue weighted by molar-refractivity contribution is 0.638. The minimum Gasteiger partial charge on any atom is -0.353 e. The van der Waals surface area contributed by atoms with Crippen LogP contribution < -0.4 is 9.80 Å². The molecule has 0 unspecified atom stereocenters. The number of piperazine rings is 1. The predicted molar refractivity (Wildman–Crippen MR) is 87.5 cm³/mol. The molecule has 0 aliphatic carbocycles. The van der Waals surface area contributed by atoms with Crippen LogP contribution in [-0.4, -0.2) is 47.4 Å². The molecule has 0 amide bonds. The first-order chi connectivity index (χ1) is 10.3.